The lowest BCUT2D eigenvalue weighted by Crippen LogP contribution is -2.27. The van der Waals surface area contributed by atoms with Crippen LogP contribution in [-0.2, 0) is 9.84 Å². The molecule has 1 saturated carbocycles. The largest absolute Gasteiger partial charge is 0.497 e. The summed E-state index contributed by atoms with van der Waals surface area (Å²) in [4.78, 5) is 0. The molecule has 0 unspecified atom stereocenters. The van der Waals surface area contributed by atoms with Crippen molar-refractivity contribution in [3.63, 3.8) is 0 Å². The monoisotopic (exact) mass is 353 g/mol. The van der Waals surface area contributed by atoms with Gasteiger partial charge in [0.2, 0.25) is 0 Å². The molecule has 1 aliphatic carbocycles. The molecule has 1 N–H and O–H groups in total. The Bertz CT molecular complexity index is 588. The lowest BCUT2D eigenvalue weighted by atomic mass is 9.81. The first kappa shape index (κ1) is 19.1. The lowest BCUT2D eigenvalue weighted by molar-refractivity contribution is 0.282. The number of sulfone groups is 1. The molecule has 1 aromatic carbocycles. The molecule has 0 saturated heterocycles. The Kier molecular flexibility index (Phi) is 6.96. The Morgan fingerprint density at radius 3 is 2.21 bits per heavy atom. The third-order valence-electron chi connectivity index (χ3n) is 5.12. The van der Waals surface area contributed by atoms with Crippen molar-refractivity contribution in [2.75, 3.05) is 24.7 Å². The zero-order valence-corrected chi connectivity index (χ0v) is 15.9. The summed E-state index contributed by atoms with van der Waals surface area (Å²) in [6.45, 7) is 4.53. The molecule has 0 atom stereocenters. The van der Waals surface area contributed by atoms with Crippen molar-refractivity contribution in [2.45, 2.75) is 51.2 Å². The highest BCUT2D eigenvalue weighted by Crippen LogP contribution is 2.32. The topological polar surface area (TPSA) is 55.4 Å². The van der Waals surface area contributed by atoms with Gasteiger partial charge in [-0.05, 0) is 69.2 Å². The summed E-state index contributed by atoms with van der Waals surface area (Å²) >= 11 is 0. The van der Waals surface area contributed by atoms with Crippen LogP contribution in [0.2, 0.25) is 0 Å². The lowest BCUT2D eigenvalue weighted by Gasteiger charge is -2.29. The fourth-order valence-electron chi connectivity index (χ4n) is 3.34. The fraction of sp³-hybridized carbons (Fsp3) is 0.684. The summed E-state index contributed by atoms with van der Waals surface area (Å²) in [6, 6.07) is 7.99. The van der Waals surface area contributed by atoms with Crippen molar-refractivity contribution >= 4 is 15.5 Å². The number of anilines is 1. The number of hydrogen-bond donors (Lipinski definition) is 1. The van der Waals surface area contributed by atoms with Gasteiger partial charge in [0.15, 0.2) is 9.84 Å². The summed E-state index contributed by atoms with van der Waals surface area (Å²) in [5.41, 5.74) is 1.12. The molecule has 1 fully saturated rings. The van der Waals surface area contributed by atoms with Gasteiger partial charge >= 0.3 is 0 Å². The first-order valence-corrected chi connectivity index (χ1v) is 10.7. The summed E-state index contributed by atoms with van der Waals surface area (Å²) in [5, 5.41) is 3.21. The average Bonchev–Trinajstić information content (AvgIpc) is 2.56. The molecule has 0 aliphatic heterocycles. The minimum absolute atomic E-state index is 0.246. The van der Waals surface area contributed by atoms with E-state index in [0.717, 1.165) is 50.1 Å². The number of rotatable bonds is 8. The summed E-state index contributed by atoms with van der Waals surface area (Å²) in [7, 11) is -1.22. The van der Waals surface area contributed by atoms with Crippen LogP contribution in [0.4, 0.5) is 5.69 Å². The molecule has 24 heavy (non-hydrogen) atoms. The van der Waals surface area contributed by atoms with Crippen molar-refractivity contribution in [1.82, 2.24) is 0 Å². The zero-order chi connectivity index (χ0) is 17.6. The van der Waals surface area contributed by atoms with E-state index >= 15 is 0 Å². The molecule has 4 nitrogen and oxygen atoms in total. The molecule has 136 valence electrons. The highest BCUT2D eigenvalue weighted by molar-refractivity contribution is 7.91. The van der Waals surface area contributed by atoms with Crippen molar-refractivity contribution in [2.24, 2.45) is 11.8 Å². The maximum absolute atomic E-state index is 12.0. The zero-order valence-electron chi connectivity index (χ0n) is 15.1. The molecule has 0 bridgehead atoms. The van der Waals surface area contributed by atoms with Gasteiger partial charge in [-0.25, -0.2) is 8.42 Å². The standard InChI is InChI=1S/C19H31NO3S/c1-15(2)24(21,22)14-17-6-4-16(5-7-17)12-13-20-18-8-10-19(23-3)11-9-18/h8-11,15-17,20H,4-7,12-14H2,1-3H3. The van der Waals surface area contributed by atoms with Crippen LogP contribution in [0.25, 0.3) is 0 Å². The van der Waals surface area contributed by atoms with Gasteiger partial charge in [0.25, 0.3) is 0 Å². The van der Waals surface area contributed by atoms with E-state index in [4.69, 9.17) is 4.74 Å². The molecule has 2 rings (SSSR count). The summed E-state index contributed by atoms with van der Waals surface area (Å²) < 4.78 is 29.2. The van der Waals surface area contributed by atoms with Crippen LogP contribution in [-0.4, -0.2) is 33.1 Å². The number of nitrogens with one attached hydrogen (secondary N) is 1. The molecule has 1 aliphatic rings. The van der Waals surface area contributed by atoms with E-state index in [1.165, 1.54) is 0 Å². The number of methoxy groups -OCH3 is 1. The van der Waals surface area contributed by atoms with Crippen molar-refractivity contribution < 1.29 is 13.2 Å². The van der Waals surface area contributed by atoms with Crippen LogP contribution in [0.5, 0.6) is 5.75 Å². The molecule has 0 amide bonds. The van der Waals surface area contributed by atoms with E-state index in [1.54, 1.807) is 21.0 Å². The number of ether oxygens (including phenoxy) is 1. The van der Waals surface area contributed by atoms with Crippen molar-refractivity contribution in [1.29, 1.82) is 0 Å². The Labute approximate surface area is 146 Å². The normalized spacial score (nSPS) is 21.7. The Morgan fingerprint density at radius 2 is 1.67 bits per heavy atom. The van der Waals surface area contributed by atoms with E-state index in [9.17, 15) is 8.42 Å². The minimum atomic E-state index is -2.90. The van der Waals surface area contributed by atoms with Gasteiger partial charge in [-0.1, -0.05) is 12.8 Å². The van der Waals surface area contributed by atoms with Gasteiger partial charge in [0.05, 0.1) is 18.1 Å². The van der Waals surface area contributed by atoms with Gasteiger partial charge in [-0.3, -0.25) is 0 Å². The highest BCUT2D eigenvalue weighted by atomic mass is 32.2. The van der Waals surface area contributed by atoms with Crippen LogP contribution in [0.3, 0.4) is 0 Å². The minimum Gasteiger partial charge on any atom is -0.497 e. The SMILES string of the molecule is COc1ccc(NCCC2CCC(CS(=O)(=O)C(C)C)CC2)cc1. The molecule has 5 heteroatoms. The van der Waals surface area contributed by atoms with Gasteiger partial charge < -0.3 is 10.1 Å². The van der Waals surface area contributed by atoms with Gasteiger partial charge in [-0.2, -0.15) is 0 Å². The predicted molar refractivity (Wildman–Crippen MR) is 100 cm³/mol. The molecule has 0 heterocycles. The molecule has 0 spiro atoms. The second-order valence-corrected chi connectivity index (χ2v) is 9.81. The van der Waals surface area contributed by atoms with Crippen molar-refractivity contribution in [3.05, 3.63) is 24.3 Å². The predicted octanol–water partition coefficient (Wildman–Crippen LogP) is 4.13. The van der Waals surface area contributed by atoms with Gasteiger partial charge in [-0.15, -0.1) is 0 Å². The molecule has 0 aromatic heterocycles. The van der Waals surface area contributed by atoms with E-state index in [-0.39, 0.29) is 5.25 Å². The molecule has 0 radical (unpaired) electrons. The van der Waals surface area contributed by atoms with E-state index < -0.39 is 9.84 Å². The first-order chi connectivity index (χ1) is 11.4. The van der Waals surface area contributed by atoms with Crippen LogP contribution in [0.15, 0.2) is 24.3 Å². The fourth-order valence-corrected chi connectivity index (χ4v) is 4.71. The van der Waals surface area contributed by atoms with E-state index in [0.29, 0.717) is 17.6 Å². The summed E-state index contributed by atoms with van der Waals surface area (Å²) in [5.74, 6) is 2.33. The van der Waals surface area contributed by atoms with Crippen LogP contribution in [0.1, 0.15) is 46.0 Å². The molecule has 1 aromatic rings. The Balaban J connectivity index is 1.67. The Hall–Kier alpha value is -1.23. The molecular formula is C19H31NO3S. The average molecular weight is 354 g/mol. The third kappa shape index (κ3) is 5.69. The van der Waals surface area contributed by atoms with E-state index in [1.807, 2.05) is 24.3 Å². The quantitative estimate of drug-likeness (QED) is 0.763. The maximum Gasteiger partial charge on any atom is 0.152 e. The van der Waals surface area contributed by atoms with Crippen LogP contribution >= 0.6 is 0 Å². The van der Waals surface area contributed by atoms with Gasteiger partial charge in [0.1, 0.15) is 5.75 Å². The number of hydrogen-bond acceptors (Lipinski definition) is 4. The first-order valence-electron chi connectivity index (χ1n) is 9.00. The maximum atomic E-state index is 12.0. The Morgan fingerprint density at radius 1 is 1.08 bits per heavy atom. The van der Waals surface area contributed by atoms with E-state index in [2.05, 4.69) is 5.32 Å². The van der Waals surface area contributed by atoms with Gasteiger partial charge in [0, 0.05) is 12.2 Å². The number of benzene rings is 1. The second kappa shape index (κ2) is 8.75. The van der Waals surface area contributed by atoms with Crippen molar-refractivity contribution in [3.8, 4) is 5.75 Å². The second-order valence-electron chi connectivity index (χ2n) is 7.21. The van der Waals surface area contributed by atoms with Crippen LogP contribution < -0.4 is 10.1 Å². The highest BCUT2D eigenvalue weighted by Gasteiger charge is 2.26. The molecular weight excluding hydrogens is 322 g/mol. The third-order valence-corrected chi connectivity index (χ3v) is 7.50. The van der Waals surface area contributed by atoms with Crippen LogP contribution in [0, 0.1) is 11.8 Å². The summed E-state index contributed by atoms with van der Waals surface area (Å²) in [6.07, 6.45) is 5.57. The smallest absolute Gasteiger partial charge is 0.152 e.